The van der Waals surface area contributed by atoms with Crippen molar-refractivity contribution in [3.63, 3.8) is 0 Å². The van der Waals surface area contributed by atoms with E-state index < -0.39 is 5.54 Å². The number of carbonyl (C=O) groups excluding carboxylic acids is 2. The Labute approximate surface area is 151 Å². The van der Waals surface area contributed by atoms with Crippen LogP contribution < -0.4 is 16.4 Å². The summed E-state index contributed by atoms with van der Waals surface area (Å²) in [6.45, 7) is 1.37. The summed E-state index contributed by atoms with van der Waals surface area (Å²) in [5.74, 6) is -0.379. The van der Waals surface area contributed by atoms with Crippen molar-refractivity contribution in [1.29, 1.82) is 0 Å². The lowest BCUT2D eigenvalue weighted by molar-refractivity contribution is -0.129. The number of nitrogens with zero attached hydrogens (tertiary/aromatic N) is 1. The van der Waals surface area contributed by atoms with Gasteiger partial charge < -0.3 is 21.1 Å². The molecule has 1 aliphatic heterocycles. The largest absolute Gasteiger partial charge is 0.381 e. The molecule has 7 heteroatoms. The minimum absolute atomic E-state index is 0.167. The average molecular weight is 354 g/mol. The molecule has 0 spiro atoms. The van der Waals surface area contributed by atoms with Crippen LogP contribution in [0.3, 0.4) is 0 Å². The number of benzene rings is 1. The van der Waals surface area contributed by atoms with Crippen molar-refractivity contribution in [1.82, 2.24) is 10.3 Å². The number of ether oxygens (including phenoxy) is 1. The molecule has 136 valence electrons. The smallest absolute Gasteiger partial charge is 0.255 e. The molecule has 2 amide bonds. The fourth-order valence-corrected chi connectivity index (χ4v) is 2.74. The molecule has 1 aliphatic rings. The van der Waals surface area contributed by atoms with Crippen LogP contribution in [0.1, 0.15) is 28.8 Å². The van der Waals surface area contributed by atoms with Crippen LogP contribution in [0.25, 0.3) is 0 Å². The van der Waals surface area contributed by atoms with Crippen LogP contribution in [0.15, 0.2) is 48.8 Å². The second-order valence-electron chi connectivity index (χ2n) is 6.34. The van der Waals surface area contributed by atoms with E-state index >= 15 is 0 Å². The Kier molecular flexibility index (Phi) is 5.60. The van der Waals surface area contributed by atoms with Crippen LogP contribution in [0.4, 0.5) is 5.69 Å². The first kappa shape index (κ1) is 18.0. The molecule has 4 N–H and O–H groups in total. The fourth-order valence-electron chi connectivity index (χ4n) is 2.74. The molecule has 1 saturated heterocycles. The van der Waals surface area contributed by atoms with Gasteiger partial charge in [-0.1, -0.05) is 12.1 Å². The number of carbonyl (C=O) groups is 2. The van der Waals surface area contributed by atoms with E-state index in [1.54, 1.807) is 36.7 Å². The molecule has 3 rings (SSSR count). The van der Waals surface area contributed by atoms with Gasteiger partial charge in [-0.3, -0.25) is 14.6 Å². The third kappa shape index (κ3) is 4.44. The van der Waals surface area contributed by atoms with E-state index in [-0.39, 0.29) is 11.8 Å². The van der Waals surface area contributed by atoms with Crippen molar-refractivity contribution in [2.75, 3.05) is 18.5 Å². The summed E-state index contributed by atoms with van der Waals surface area (Å²) in [5, 5.41) is 5.65. The Hall–Kier alpha value is -2.77. The quantitative estimate of drug-likeness (QED) is 0.754. The van der Waals surface area contributed by atoms with Crippen molar-refractivity contribution in [2.24, 2.45) is 5.73 Å². The van der Waals surface area contributed by atoms with Gasteiger partial charge in [0.15, 0.2) is 0 Å². The summed E-state index contributed by atoms with van der Waals surface area (Å²) in [5.41, 5.74) is 7.36. The van der Waals surface area contributed by atoms with E-state index in [1.807, 2.05) is 12.1 Å². The molecule has 1 fully saturated rings. The molecule has 0 bridgehead atoms. The number of anilines is 1. The summed E-state index contributed by atoms with van der Waals surface area (Å²) >= 11 is 0. The Morgan fingerprint density at radius 2 is 1.88 bits per heavy atom. The van der Waals surface area contributed by atoms with Gasteiger partial charge in [0.2, 0.25) is 5.91 Å². The monoisotopic (exact) mass is 354 g/mol. The highest BCUT2D eigenvalue weighted by molar-refractivity contribution is 6.04. The molecule has 26 heavy (non-hydrogen) atoms. The molecule has 7 nitrogen and oxygen atoms in total. The van der Waals surface area contributed by atoms with Gasteiger partial charge in [0, 0.05) is 31.5 Å². The molecule has 2 aromatic rings. The van der Waals surface area contributed by atoms with E-state index in [0.717, 1.165) is 5.56 Å². The second kappa shape index (κ2) is 8.07. The van der Waals surface area contributed by atoms with Gasteiger partial charge in [-0.05, 0) is 42.7 Å². The molecular formula is C19H22N4O3. The predicted molar refractivity (Wildman–Crippen MR) is 97.5 cm³/mol. The first-order chi connectivity index (χ1) is 12.6. The summed E-state index contributed by atoms with van der Waals surface area (Å²) in [6, 6.07) is 10.6. The standard InChI is InChI=1S/C19H22N4O3/c20-19(7-10-26-11-8-19)18(25)22-12-14-3-5-15(6-4-14)17(24)23-16-2-1-9-21-13-16/h1-6,9,13H,7-8,10-12,20H2,(H,22,25)(H,23,24). The zero-order valence-corrected chi connectivity index (χ0v) is 14.4. The molecular weight excluding hydrogens is 332 g/mol. The minimum atomic E-state index is -0.859. The number of hydrogen-bond acceptors (Lipinski definition) is 5. The molecule has 0 unspecified atom stereocenters. The fraction of sp³-hybridized carbons (Fsp3) is 0.316. The maximum Gasteiger partial charge on any atom is 0.255 e. The lowest BCUT2D eigenvalue weighted by atomic mass is 9.90. The van der Waals surface area contributed by atoms with E-state index in [4.69, 9.17) is 10.5 Å². The number of aromatic nitrogens is 1. The first-order valence-corrected chi connectivity index (χ1v) is 8.52. The number of nitrogens with two attached hydrogens (primary N) is 1. The molecule has 1 aromatic heterocycles. The Balaban J connectivity index is 1.54. The van der Waals surface area contributed by atoms with Gasteiger partial charge in [-0.15, -0.1) is 0 Å². The topological polar surface area (TPSA) is 106 Å². The summed E-state index contributed by atoms with van der Waals surface area (Å²) < 4.78 is 5.25. The average Bonchev–Trinajstić information content (AvgIpc) is 2.68. The van der Waals surface area contributed by atoms with Crippen LogP contribution in [0.5, 0.6) is 0 Å². The molecule has 0 atom stereocenters. The van der Waals surface area contributed by atoms with Gasteiger partial charge in [0.05, 0.1) is 17.4 Å². The van der Waals surface area contributed by atoms with Gasteiger partial charge in [-0.25, -0.2) is 0 Å². The SMILES string of the molecule is NC1(C(=O)NCc2ccc(C(=O)Nc3cccnc3)cc2)CCOCC1. The van der Waals surface area contributed by atoms with Gasteiger partial charge in [0.25, 0.3) is 5.91 Å². The molecule has 2 heterocycles. The predicted octanol–water partition coefficient (Wildman–Crippen LogP) is 1.46. The highest BCUT2D eigenvalue weighted by Crippen LogP contribution is 2.18. The van der Waals surface area contributed by atoms with Crippen molar-refractivity contribution in [3.05, 3.63) is 59.9 Å². The molecule has 0 aliphatic carbocycles. The zero-order valence-electron chi connectivity index (χ0n) is 14.4. The first-order valence-electron chi connectivity index (χ1n) is 8.52. The number of hydrogen-bond donors (Lipinski definition) is 3. The summed E-state index contributed by atoms with van der Waals surface area (Å²) in [7, 11) is 0. The van der Waals surface area contributed by atoms with E-state index in [2.05, 4.69) is 15.6 Å². The number of rotatable bonds is 5. The van der Waals surface area contributed by atoms with E-state index in [0.29, 0.717) is 43.9 Å². The third-order valence-corrected chi connectivity index (χ3v) is 4.43. The summed E-state index contributed by atoms with van der Waals surface area (Å²) in [4.78, 5) is 28.5. The third-order valence-electron chi connectivity index (χ3n) is 4.43. The van der Waals surface area contributed by atoms with E-state index in [9.17, 15) is 9.59 Å². The summed E-state index contributed by atoms with van der Waals surface area (Å²) in [6.07, 6.45) is 4.27. The maximum absolute atomic E-state index is 12.3. The van der Waals surface area contributed by atoms with Crippen LogP contribution in [0, 0.1) is 0 Å². The Morgan fingerprint density at radius 1 is 1.15 bits per heavy atom. The van der Waals surface area contributed by atoms with Gasteiger partial charge in [0.1, 0.15) is 0 Å². The van der Waals surface area contributed by atoms with Crippen LogP contribution in [0.2, 0.25) is 0 Å². The van der Waals surface area contributed by atoms with Gasteiger partial charge >= 0.3 is 0 Å². The van der Waals surface area contributed by atoms with Crippen LogP contribution in [-0.2, 0) is 16.1 Å². The lowest BCUT2D eigenvalue weighted by Crippen LogP contribution is -2.56. The normalized spacial score (nSPS) is 15.9. The number of pyridine rings is 1. The highest BCUT2D eigenvalue weighted by atomic mass is 16.5. The molecule has 0 saturated carbocycles. The minimum Gasteiger partial charge on any atom is -0.381 e. The number of nitrogens with one attached hydrogen (secondary N) is 2. The second-order valence-corrected chi connectivity index (χ2v) is 6.34. The number of amides is 2. The Morgan fingerprint density at radius 3 is 2.54 bits per heavy atom. The van der Waals surface area contributed by atoms with Crippen LogP contribution >= 0.6 is 0 Å². The van der Waals surface area contributed by atoms with E-state index in [1.165, 1.54) is 0 Å². The highest BCUT2D eigenvalue weighted by Gasteiger charge is 2.35. The van der Waals surface area contributed by atoms with Gasteiger partial charge in [-0.2, -0.15) is 0 Å². The lowest BCUT2D eigenvalue weighted by Gasteiger charge is -2.31. The zero-order chi connectivity index (χ0) is 18.4. The molecule has 0 radical (unpaired) electrons. The Bertz CT molecular complexity index is 756. The molecule has 1 aromatic carbocycles. The van der Waals surface area contributed by atoms with Crippen LogP contribution in [-0.4, -0.2) is 35.6 Å². The van der Waals surface area contributed by atoms with Crippen molar-refractivity contribution in [3.8, 4) is 0 Å². The maximum atomic E-state index is 12.3. The van der Waals surface area contributed by atoms with Crippen molar-refractivity contribution in [2.45, 2.75) is 24.9 Å². The van der Waals surface area contributed by atoms with Crippen molar-refractivity contribution < 1.29 is 14.3 Å². The van der Waals surface area contributed by atoms with Crippen molar-refractivity contribution >= 4 is 17.5 Å².